The monoisotopic (exact) mass is 353 g/mol. The molecule has 0 spiro atoms. The van der Waals surface area contributed by atoms with E-state index in [1.165, 1.54) is 18.7 Å². The minimum Gasteiger partial charge on any atom is -0.302 e. The average molecular weight is 354 g/mol. The fraction of sp³-hybridized carbons (Fsp3) is 0.286. The summed E-state index contributed by atoms with van der Waals surface area (Å²) in [7, 11) is 0. The van der Waals surface area contributed by atoms with Gasteiger partial charge in [0.05, 0.1) is 5.75 Å². The Labute approximate surface area is 142 Å². The Kier molecular flexibility index (Phi) is 6.00. The van der Waals surface area contributed by atoms with Crippen LogP contribution >= 0.6 is 23.4 Å². The van der Waals surface area contributed by atoms with E-state index in [-0.39, 0.29) is 17.6 Å². The van der Waals surface area contributed by atoms with E-state index in [2.05, 4.69) is 21.0 Å². The summed E-state index contributed by atoms with van der Waals surface area (Å²) in [6.07, 6.45) is 0. The summed E-state index contributed by atoms with van der Waals surface area (Å²) in [5, 5.41) is 9.56. The van der Waals surface area contributed by atoms with Gasteiger partial charge in [0.25, 0.3) is 0 Å². The summed E-state index contributed by atoms with van der Waals surface area (Å²) < 4.78 is 1.90. The molecule has 0 saturated heterocycles. The van der Waals surface area contributed by atoms with Crippen LogP contribution in [0, 0.1) is 0 Å². The van der Waals surface area contributed by atoms with Crippen LogP contribution in [0.15, 0.2) is 29.4 Å². The molecule has 122 valence electrons. The number of benzene rings is 1. The van der Waals surface area contributed by atoms with Crippen molar-refractivity contribution in [3.63, 3.8) is 0 Å². The van der Waals surface area contributed by atoms with Crippen molar-refractivity contribution >= 4 is 35.2 Å². The third kappa shape index (κ3) is 4.70. The molecule has 1 aromatic carbocycles. The molecule has 2 amide bonds. The Morgan fingerprint density at radius 1 is 1.30 bits per heavy atom. The molecule has 0 atom stereocenters. The zero-order chi connectivity index (χ0) is 16.8. The molecule has 1 heterocycles. The van der Waals surface area contributed by atoms with Crippen molar-refractivity contribution in [3.8, 4) is 11.4 Å². The van der Waals surface area contributed by atoms with Crippen LogP contribution in [0.3, 0.4) is 0 Å². The molecule has 7 nitrogen and oxygen atoms in total. The smallest absolute Gasteiger partial charge is 0.248 e. The van der Waals surface area contributed by atoms with Crippen molar-refractivity contribution in [2.24, 2.45) is 0 Å². The molecular weight excluding hydrogens is 338 g/mol. The Balaban J connectivity index is 2.09. The number of nitrogens with one attached hydrogen (secondary N) is 2. The van der Waals surface area contributed by atoms with E-state index in [0.717, 1.165) is 5.56 Å². The lowest BCUT2D eigenvalue weighted by Crippen LogP contribution is -2.41. The number of aromatic nitrogens is 3. The number of hydrogen-bond acceptors (Lipinski definition) is 5. The van der Waals surface area contributed by atoms with Gasteiger partial charge in [-0.25, -0.2) is 0 Å². The average Bonchev–Trinajstić information content (AvgIpc) is 2.93. The predicted octanol–water partition coefficient (Wildman–Crippen LogP) is 1.88. The second kappa shape index (κ2) is 7.98. The molecule has 23 heavy (non-hydrogen) atoms. The molecule has 0 aliphatic rings. The highest BCUT2D eigenvalue weighted by Crippen LogP contribution is 2.25. The second-order valence-corrected chi connectivity index (χ2v) is 5.96. The SMILES string of the molecule is CCn1c(SCC(=O)NNC(C)=O)nnc1-c1cccc(Cl)c1. The molecule has 0 fully saturated rings. The zero-order valence-corrected chi connectivity index (χ0v) is 14.2. The summed E-state index contributed by atoms with van der Waals surface area (Å²) in [6.45, 7) is 3.95. The van der Waals surface area contributed by atoms with Gasteiger partial charge in [-0.15, -0.1) is 10.2 Å². The van der Waals surface area contributed by atoms with Gasteiger partial charge in [-0.05, 0) is 19.1 Å². The van der Waals surface area contributed by atoms with Crippen molar-refractivity contribution in [2.45, 2.75) is 25.5 Å². The lowest BCUT2D eigenvalue weighted by atomic mass is 10.2. The van der Waals surface area contributed by atoms with E-state index in [1.54, 1.807) is 6.07 Å². The van der Waals surface area contributed by atoms with E-state index in [9.17, 15) is 9.59 Å². The summed E-state index contributed by atoms with van der Waals surface area (Å²) in [5.74, 6) is 0.164. The Morgan fingerprint density at radius 3 is 2.74 bits per heavy atom. The van der Waals surface area contributed by atoms with Crippen molar-refractivity contribution in [3.05, 3.63) is 29.3 Å². The van der Waals surface area contributed by atoms with E-state index >= 15 is 0 Å². The molecule has 2 aromatic rings. The van der Waals surface area contributed by atoms with Crippen molar-refractivity contribution in [1.29, 1.82) is 0 Å². The number of rotatable bonds is 5. The van der Waals surface area contributed by atoms with Gasteiger partial charge < -0.3 is 4.57 Å². The van der Waals surface area contributed by atoms with Gasteiger partial charge in [0.1, 0.15) is 0 Å². The van der Waals surface area contributed by atoms with Crippen molar-refractivity contribution in [1.82, 2.24) is 25.6 Å². The molecule has 0 bridgehead atoms. The highest BCUT2D eigenvalue weighted by Gasteiger charge is 2.14. The van der Waals surface area contributed by atoms with E-state index in [0.29, 0.717) is 22.5 Å². The van der Waals surface area contributed by atoms with Crippen LogP contribution in [0.5, 0.6) is 0 Å². The lowest BCUT2D eigenvalue weighted by molar-refractivity contribution is -0.126. The van der Waals surface area contributed by atoms with Gasteiger partial charge in [0.15, 0.2) is 11.0 Å². The summed E-state index contributed by atoms with van der Waals surface area (Å²) in [5.41, 5.74) is 5.40. The van der Waals surface area contributed by atoms with Crippen LogP contribution in [-0.2, 0) is 16.1 Å². The topological polar surface area (TPSA) is 88.9 Å². The first kappa shape index (κ1) is 17.3. The number of thioether (sulfide) groups is 1. The first-order chi connectivity index (χ1) is 11.0. The summed E-state index contributed by atoms with van der Waals surface area (Å²) in [6, 6.07) is 7.36. The normalized spacial score (nSPS) is 10.4. The van der Waals surface area contributed by atoms with Gasteiger partial charge in [0, 0.05) is 24.1 Å². The molecule has 0 aliphatic carbocycles. The van der Waals surface area contributed by atoms with Gasteiger partial charge >= 0.3 is 0 Å². The molecule has 9 heteroatoms. The van der Waals surface area contributed by atoms with E-state index in [4.69, 9.17) is 11.6 Å². The third-order valence-electron chi connectivity index (χ3n) is 2.83. The van der Waals surface area contributed by atoms with Crippen LogP contribution in [0.25, 0.3) is 11.4 Å². The predicted molar refractivity (Wildman–Crippen MR) is 88.8 cm³/mol. The van der Waals surface area contributed by atoms with Crippen LogP contribution in [0.4, 0.5) is 0 Å². The Morgan fingerprint density at radius 2 is 2.09 bits per heavy atom. The first-order valence-electron chi connectivity index (χ1n) is 6.88. The number of carbonyl (C=O) groups excluding carboxylic acids is 2. The highest BCUT2D eigenvalue weighted by atomic mass is 35.5. The maximum absolute atomic E-state index is 11.6. The van der Waals surface area contributed by atoms with Crippen LogP contribution in [0.1, 0.15) is 13.8 Å². The standard InChI is InChI=1S/C14H16ClN5O2S/c1-3-20-13(10-5-4-6-11(15)7-10)18-19-14(20)23-8-12(22)17-16-9(2)21/h4-7H,3,8H2,1-2H3,(H,16,21)(H,17,22). The van der Waals surface area contributed by atoms with Gasteiger partial charge in [-0.3, -0.25) is 20.4 Å². The molecular formula is C14H16ClN5O2S. The van der Waals surface area contributed by atoms with Gasteiger partial charge in [0.2, 0.25) is 11.8 Å². The molecule has 1 aromatic heterocycles. The maximum atomic E-state index is 11.6. The fourth-order valence-corrected chi connectivity index (χ4v) is 2.84. The molecule has 2 N–H and O–H groups in total. The first-order valence-corrected chi connectivity index (χ1v) is 8.25. The van der Waals surface area contributed by atoms with Gasteiger partial charge in [-0.2, -0.15) is 0 Å². The maximum Gasteiger partial charge on any atom is 0.248 e. The lowest BCUT2D eigenvalue weighted by Gasteiger charge is -2.08. The van der Waals surface area contributed by atoms with Gasteiger partial charge in [-0.1, -0.05) is 35.5 Å². The minimum absolute atomic E-state index is 0.119. The third-order valence-corrected chi connectivity index (χ3v) is 4.03. The van der Waals surface area contributed by atoms with Crippen LogP contribution < -0.4 is 10.9 Å². The summed E-state index contributed by atoms with van der Waals surface area (Å²) >= 11 is 7.25. The van der Waals surface area contributed by atoms with E-state index in [1.807, 2.05) is 29.7 Å². The fourth-order valence-electron chi connectivity index (χ4n) is 1.85. The number of hydrazine groups is 1. The minimum atomic E-state index is -0.330. The van der Waals surface area contributed by atoms with Crippen molar-refractivity contribution < 1.29 is 9.59 Å². The number of hydrogen-bond donors (Lipinski definition) is 2. The molecule has 0 radical (unpaired) electrons. The number of halogens is 1. The number of carbonyl (C=O) groups is 2. The van der Waals surface area contributed by atoms with Crippen molar-refractivity contribution in [2.75, 3.05) is 5.75 Å². The number of nitrogens with zero attached hydrogens (tertiary/aromatic N) is 3. The second-order valence-electron chi connectivity index (χ2n) is 4.58. The molecule has 0 unspecified atom stereocenters. The van der Waals surface area contributed by atoms with E-state index < -0.39 is 0 Å². The van der Waals surface area contributed by atoms with Crippen LogP contribution in [0.2, 0.25) is 5.02 Å². The van der Waals surface area contributed by atoms with Crippen LogP contribution in [-0.4, -0.2) is 32.3 Å². The number of amides is 2. The Hall–Kier alpha value is -2.06. The molecule has 2 rings (SSSR count). The summed E-state index contributed by atoms with van der Waals surface area (Å²) in [4.78, 5) is 22.4. The molecule has 0 aliphatic heterocycles. The quantitative estimate of drug-likeness (QED) is 0.633. The molecule has 0 saturated carbocycles. The zero-order valence-electron chi connectivity index (χ0n) is 12.7. The Bertz CT molecular complexity index is 719. The largest absolute Gasteiger partial charge is 0.302 e. The highest BCUT2D eigenvalue weighted by molar-refractivity contribution is 7.99.